The maximum atomic E-state index is 4.37. The van der Waals surface area contributed by atoms with Crippen molar-refractivity contribution >= 4 is 16.9 Å². The van der Waals surface area contributed by atoms with Gasteiger partial charge >= 0.3 is 0 Å². The van der Waals surface area contributed by atoms with Crippen LogP contribution < -0.4 is 0 Å². The van der Waals surface area contributed by atoms with Crippen molar-refractivity contribution in [2.75, 3.05) is 7.05 Å². The summed E-state index contributed by atoms with van der Waals surface area (Å²) in [6.45, 7) is 5.87. The summed E-state index contributed by atoms with van der Waals surface area (Å²) in [7, 11) is 1.82. The number of hydrogen-bond donors (Lipinski definition) is 0. The summed E-state index contributed by atoms with van der Waals surface area (Å²) >= 11 is 0. The zero-order valence-corrected chi connectivity index (χ0v) is 13.2. The van der Waals surface area contributed by atoms with Crippen molar-refractivity contribution in [3.05, 3.63) is 96.6 Å². The second-order valence-corrected chi connectivity index (χ2v) is 4.96. The molecule has 110 valence electrons. The molecule has 0 aliphatic carbocycles. The molecular formula is C21H21N. The van der Waals surface area contributed by atoms with Crippen LogP contribution in [0.1, 0.15) is 18.1 Å². The van der Waals surface area contributed by atoms with E-state index in [4.69, 9.17) is 0 Å². The van der Waals surface area contributed by atoms with Gasteiger partial charge in [-0.25, -0.2) is 0 Å². The topological polar surface area (TPSA) is 12.4 Å². The van der Waals surface area contributed by atoms with E-state index in [1.165, 1.54) is 5.56 Å². The van der Waals surface area contributed by atoms with Crippen molar-refractivity contribution < 1.29 is 0 Å². The van der Waals surface area contributed by atoms with Gasteiger partial charge in [-0.15, -0.1) is 0 Å². The molecule has 0 fully saturated rings. The average molecular weight is 287 g/mol. The summed E-state index contributed by atoms with van der Waals surface area (Å²) in [6.07, 6.45) is 6.02. The van der Waals surface area contributed by atoms with Crippen molar-refractivity contribution in [2.45, 2.75) is 6.92 Å². The van der Waals surface area contributed by atoms with E-state index in [9.17, 15) is 0 Å². The maximum Gasteiger partial charge on any atom is 0.0392 e. The quantitative estimate of drug-likeness (QED) is 0.513. The van der Waals surface area contributed by atoms with Crippen molar-refractivity contribution in [1.29, 1.82) is 0 Å². The van der Waals surface area contributed by atoms with Gasteiger partial charge in [-0.3, -0.25) is 4.99 Å². The van der Waals surface area contributed by atoms with Crippen molar-refractivity contribution in [2.24, 2.45) is 4.99 Å². The van der Waals surface area contributed by atoms with Crippen LogP contribution in [0.3, 0.4) is 0 Å². The fourth-order valence-corrected chi connectivity index (χ4v) is 2.28. The molecule has 0 saturated carbocycles. The van der Waals surface area contributed by atoms with Crippen LogP contribution in [0.25, 0.3) is 11.1 Å². The highest BCUT2D eigenvalue weighted by atomic mass is 14.7. The Morgan fingerprint density at radius 1 is 0.909 bits per heavy atom. The van der Waals surface area contributed by atoms with E-state index < -0.39 is 0 Å². The summed E-state index contributed by atoms with van der Waals surface area (Å²) in [6, 6.07) is 20.7. The van der Waals surface area contributed by atoms with Crippen LogP contribution in [0.15, 0.2) is 90.5 Å². The standard InChI is InChI=1S/C21H21N/c1-4-11-20(18-12-7-5-8-13-18)16-21(17(2)22-3)19-14-9-6-10-15-19/h4-16H,1H2,2-3H3/b20-11-,21-16+,22-17?. The molecule has 0 radical (unpaired) electrons. The Balaban J connectivity index is 2.56. The Hall–Kier alpha value is -2.67. The highest BCUT2D eigenvalue weighted by Crippen LogP contribution is 2.24. The number of benzene rings is 2. The van der Waals surface area contributed by atoms with Gasteiger partial charge in [0.15, 0.2) is 0 Å². The number of allylic oxidation sites excluding steroid dienone is 5. The lowest BCUT2D eigenvalue weighted by Gasteiger charge is -2.10. The van der Waals surface area contributed by atoms with Gasteiger partial charge in [0.1, 0.15) is 0 Å². The molecule has 0 heterocycles. The minimum absolute atomic E-state index is 1.01. The minimum Gasteiger partial charge on any atom is -0.293 e. The fourth-order valence-electron chi connectivity index (χ4n) is 2.28. The van der Waals surface area contributed by atoms with Gasteiger partial charge in [-0.05, 0) is 29.7 Å². The molecule has 2 aromatic carbocycles. The van der Waals surface area contributed by atoms with Gasteiger partial charge in [-0.2, -0.15) is 0 Å². The van der Waals surface area contributed by atoms with E-state index >= 15 is 0 Å². The number of hydrogen-bond acceptors (Lipinski definition) is 1. The van der Waals surface area contributed by atoms with E-state index in [1.807, 2.05) is 62.5 Å². The second-order valence-electron chi connectivity index (χ2n) is 4.96. The molecule has 0 spiro atoms. The molecule has 0 aliphatic rings. The predicted molar refractivity (Wildman–Crippen MR) is 98.1 cm³/mol. The van der Waals surface area contributed by atoms with Crippen molar-refractivity contribution in [1.82, 2.24) is 0 Å². The third-order valence-corrected chi connectivity index (χ3v) is 3.51. The molecule has 0 aliphatic heterocycles. The van der Waals surface area contributed by atoms with Gasteiger partial charge in [0, 0.05) is 18.3 Å². The molecule has 0 amide bonds. The van der Waals surface area contributed by atoms with Crippen LogP contribution in [-0.4, -0.2) is 12.8 Å². The Bertz CT molecular complexity index is 704. The summed E-state index contributed by atoms with van der Waals surface area (Å²) in [4.78, 5) is 4.37. The third-order valence-electron chi connectivity index (χ3n) is 3.51. The third kappa shape index (κ3) is 3.92. The van der Waals surface area contributed by atoms with E-state index in [2.05, 4.69) is 41.9 Å². The first-order valence-corrected chi connectivity index (χ1v) is 7.35. The van der Waals surface area contributed by atoms with Crippen molar-refractivity contribution in [3.63, 3.8) is 0 Å². The Kier molecular flexibility index (Phi) is 5.67. The molecule has 1 heteroatoms. The van der Waals surface area contributed by atoms with E-state index in [-0.39, 0.29) is 0 Å². The fraction of sp³-hybridized carbons (Fsp3) is 0.0952. The lowest BCUT2D eigenvalue weighted by Crippen LogP contribution is -1.98. The average Bonchev–Trinajstić information content (AvgIpc) is 2.59. The number of rotatable bonds is 5. The summed E-state index contributed by atoms with van der Waals surface area (Å²) in [5, 5.41) is 0. The molecule has 0 N–H and O–H groups in total. The molecule has 0 aromatic heterocycles. The molecule has 2 aromatic rings. The van der Waals surface area contributed by atoms with Crippen LogP contribution in [0, 0.1) is 0 Å². The van der Waals surface area contributed by atoms with Gasteiger partial charge in [0.05, 0.1) is 0 Å². The summed E-state index contributed by atoms with van der Waals surface area (Å²) in [5.74, 6) is 0. The highest BCUT2D eigenvalue weighted by Gasteiger charge is 2.07. The zero-order valence-electron chi connectivity index (χ0n) is 13.2. The highest BCUT2D eigenvalue weighted by molar-refractivity contribution is 6.24. The molecular weight excluding hydrogens is 266 g/mol. The lowest BCUT2D eigenvalue weighted by molar-refractivity contribution is 1.43. The Labute approximate surface area is 133 Å². The lowest BCUT2D eigenvalue weighted by atomic mass is 9.96. The Morgan fingerprint density at radius 2 is 1.45 bits per heavy atom. The summed E-state index contributed by atoms with van der Waals surface area (Å²) in [5.41, 5.74) is 5.59. The SMILES string of the molecule is C=C/C=C(/C=C(\C(C)=NC)c1ccccc1)c1ccccc1. The summed E-state index contributed by atoms with van der Waals surface area (Å²) < 4.78 is 0. The van der Waals surface area contributed by atoms with E-state index in [0.717, 1.165) is 22.4 Å². The normalized spacial score (nSPS) is 13.1. The zero-order chi connectivity index (χ0) is 15.8. The van der Waals surface area contributed by atoms with Crippen molar-refractivity contribution in [3.8, 4) is 0 Å². The first kappa shape index (κ1) is 15.7. The largest absolute Gasteiger partial charge is 0.293 e. The minimum atomic E-state index is 1.01. The van der Waals surface area contributed by atoms with Crippen LogP contribution in [0.4, 0.5) is 0 Å². The van der Waals surface area contributed by atoms with Crippen LogP contribution in [0.5, 0.6) is 0 Å². The van der Waals surface area contributed by atoms with Crippen LogP contribution in [0.2, 0.25) is 0 Å². The maximum absolute atomic E-state index is 4.37. The molecule has 0 bridgehead atoms. The molecule has 2 rings (SSSR count). The molecule has 0 saturated heterocycles. The second kappa shape index (κ2) is 7.94. The van der Waals surface area contributed by atoms with Crippen LogP contribution >= 0.6 is 0 Å². The van der Waals surface area contributed by atoms with Gasteiger partial charge in [0.2, 0.25) is 0 Å². The first-order valence-electron chi connectivity index (χ1n) is 7.35. The van der Waals surface area contributed by atoms with Gasteiger partial charge < -0.3 is 0 Å². The van der Waals surface area contributed by atoms with Crippen LogP contribution in [-0.2, 0) is 0 Å². The van der Waals surface area contributed by atoms with Gasteiger partial charge in [0.25, 0.3) is 0 Å². The van der Waals surface area contributed by atoms with E-state index in [0.29, 0.717) is 0 Å². The number of aliphatic imine (C=N–C) groups is 1. The molecule has 0 atom stereocenters. The first-order chi connectivity index (χ1) is 10.8. The predicted octanol–water partition coefficient (Wildman–Crippen LogP) is 5.43. The monoisotopic (exact) mass is 287 g/mol. The molecule has 1 nitrogen and oxygen atoms in total. The van der Waals surface area contributed by atoms with E-state index in [1.54, 1.807) is 0 Å². The smallest absolute Gasteiger partial charge is 0.0392 e. The number of nitrogens with zero attached hydrogens (tertiary/aromatic N) is 1. The molecule has 0 unspecified atom stereocenters. The van der Waals surface area contributed by atoms with Gasteiger partial charge in [-0.1, -0.05) is 79.4 Å². The Morgan fingerprint density at radius 3 is 1.95 bits per heavy atom. The molecule has 22 heavy (non-hydrogen) atoms.